The molecule has 2 rings (SSSR count). The van der Waals surface area contributed by atoms with Crippen molar-refractivity contribution in [3.63, 3.8) is 0 Å². The average Bonchev–Trinajstić information content (AvgIpc) is 3.07. The Balaban J connectivity index is 2.37. The molecular formula is C13H21N11. The molecule has 11 nitrogen and oxygen atoms in total. The number of aromatic amines is 1. The van der Waals surface area contributed by atoms with Crippen LogP contribution in [0.15, 0.2) is 45.3 Å². The van der Waals surface area contributed by atoms with Gasteiger partial charge in [0.25, 0.3) is 0 Å². The molecule has 0 aliphatic carbocycles. The fourth-order valence-corrected chi connectivity index (χ4v) is 2.21. The number of H-pyrrole nitrogens is 1. The van der Waals surface area contributed by atoms with Gasteiger partial charge < -0.3 is 39.0 Å². The summed E-state index contributed by atoms with van der Waals surface area (Å²) >= 11 is 0. The van der Waals surface area contributed by atoms with E-state index in [1.165, 1.54) is 0 Å². The Labute approximate surface area is 138 Å². The molecule has 0 spiro atoms. The minimum Gasteiger partial charge on any atom is -0.386 e. The van der Waals surface area contributed by atoms with Gasteiger partial charge in [-0.15, -0.1) is 0 Å². The van der Waals surface area contributed by atoms with Crippen LogP contribution in [-0.4, -0.2) is 40.7 Å². The number of hydrogen-bond acceptors (Lipinski definition) is 8. The quantitative estimate of drug-likeness (QED) is 0.221. The smallest absolute Gasteiger partial charge is 0.220 e. The summed E-state index contributed by atoms with van der Waals surface area (Å²) in [5.74, 6) is 0.428. The van der Waals surface area contributed by atoms with E-state index in [-0.39, 0.29) is 42.2 Å². The Kier molecular flexibility index (Phi) is 5.04. The van der Waals surface area contributed by atoms with E-state index in [0.29, 0.717) is 5.70 Å². The van der Waals surface area contributed by atoms with Crippen LogP contribution in [-0.2, 0) is 0 Å². The molecule has 0 aromatic carbocycles. The molecule has 1 aromatic heterocycles. The largest absolute Gasteiger partial charge is 0.386 e. The first-order valence-electron chi connectivity index (χ1n) is 7.02. The zero-order valence-corrected chi connectivity index (χ0v) is 13.0. The Morgan fingerprint density at radius 3 is 2.62 bits per heavy atom. The first-order valence-corrected chi connectivity index (χ1v) is 7.02. The lowest BCUT2D eigenvalue weighted by Crippen LogP contribution is -2.37. The molecule has 12 N–H and O–H groups in total. The third kappa shape index (κ3) is 4.50. The monoisotopic (exact) mass is 331 g/mol. The van der Waals surface area contributed by atoms with Crippen LogP contribution < -0.4 is 34.0 Å². The number of aromatic nitrogens is 2. The molecular weight excluding hydrogens is 310 g/mol. The van der Waals surface area contributed by atoms with Crippen molar-refractivity contribution >= 4 is 24.1 Å². The zero-order valence-electron chi connectivity index (χ0n) is 13.0. The molecule has 0 saturated carbocycles. The minimum absolute atomic E-state index is 0.0323. The highest BCUT2D eigenvalue weighted by atomic mass is 15.1. The van der Waals surface area contributed by atoms with E-state index < -0.39 is 0 Å². The maximum atomic E-state index is 5.71. The lowest BCUT2D eigenvalue weighted by Gasteiger charge is -2.24. The molecule has 0 saturated heterocycles. The van der Waals surface area contributed by atoms with Gasteiger partial charge >= 0.3 is 0 Å². The highest BCUT2D eigenvalue weighted by molar-refractivity contribution is 5.99. The van der Waals surface area contributed by atoms with Crippen LogP contribution >= 0.6 is 0 Å². The first kappa shape index (κ1) is 16.9. The predicted molar refractivity (Wildman–Crippen MR) is 94.9 cm³/mol. The normalized spacial score (nSPS) is 17.3. The molecule has 2 heterocycles. The standard InChI is InChI=1S/C13H21N11/c1-6(14)22-9(2-7-3-20-12(17)23-7)8(4-19-11(15)16)10-5-21-13(18)24-10/h2-3,5,8-9,22H,1,4,14H2,(H2,17,23)(H4,15,16,19)(H3,18,21,24). The van der Waals surface area contributed by atoms with E-state index in [4.69, 9.17) is 28.7 Å². The molecule has 2 atom stereocenters. The lowest BCUT2D eigenvalue weighted by atomic mass is 9.95. The number of imidazole rings is 1. The topological polar surface area (TPSA) is 208 Å². The van der Waals surface area contributed by atoms with Crippen LogP contribution in [0.5, 0.6) is 0 Å². The van der Waals surface area contributed by atoms with Crippen molar-refractivity contribution in [3.8, 4) is 0 Å². The third-order valence-electron chi connectivity index (χ3n) is 3.19. The van der Waals surface area contributed by atoms with Gasteiger partial charge in [0.05, 0.1) is 36.5 Å². The molecule has 24 heavy (non-hydrogen) atoms. The summed E-state index contributed by atoms with van der Waals surface area (Å²) in [7, 11) is 0. The second kappa shape index (κ2) is 7.17. The summed E-state index contributed by atoms with van der Waals surface area (Å²) in [6, 6.07) is -0.360. The first-order chi connectivity index (χ1) is 11.3. The number of nitrogens with zero attached hydrogens (tertiary/aromatic N) is 4. The maximum absolute atomic E-state index is 5.71. The number of allylic oxidation sites excluding steroid dienone is 1. The molecule has 0 amide bonds. The molecule has 1 aliphatic rings. The number of guanidine groups is 2. The van der Waals surface area contributed by atoms with E-state index in [9.17, 15) is 0 Å². The fraction of sp³-hybridized carbons (Fsp3) is 0.231. The Bertz CT molecular complexity index is 720. The molecule has 0 fully saturated rings. The van der Waals surface area contributed by atoms with Crippen molar-refractivity contribution in [2.75, 3.05) is 12.3 Å². The molecule has 0 radical (unpaired) electrons. The molecule has 11 heteroatoms. The summed E-state index contributed by atoms with van der Waals surface area (Å²) in [5, 5.41) is 3.05. The maximum Gasteiger partial charge on any atom is 0.220 e. The van der Waals surface area contributed by atoms with Crippen LogP contribution in [0.4, 0.5) is 5.95 Å². The third-order valence-corrected chi connectivity index (χ3v) is 3.19. The van der Waals surface area contributed by atoms with E-state index in [1.807, 2.05) is 0 Å². The minimum atomic E-state index is -0.360. The van der Waals surface area contributed by atoms with Crippen molar-refractivity contribution in [3.05, 3.63) is 36.1 Å². The van der Waals surface area contributed by atoms with Crippen LogP contribution in [0.3, 0.4) is 0 Å². The number of nitrogens with one attached hydrogen (secondary N) is 2. The second-order valence-electron chi connectivity index (χ2n) is 5.11. The van der Waals surface area contributed by atoms with Crippen molar-refractivity contribution in [2.24, 2.45) is 37.9 Å². The lowest BCUT2D eigenvalue weighted by molar-refractivity contribution is 0.534. The van der Waals surface area contributed by atoms with Gasteiger partial charge in [-0.25, -0.2) is 15.0 Å². The van der Waals surface area contributed by atoms with Crippen molar-refractivity contribution in [1.82, 2.24) is 15.3 Å². The van der Waals surface area contributed by atoms with Crippen LogP contribution in [0, 0.1) is 0 Å². The van der Waals surface area contributed by atoms with Gasteiger partial charge in [-0.1, -0.05) is 6.58 Å². The van der Waals surface area contributed by atoms with Crippen LogP contribution in [0.1, 0.15) is 11.6 Å². The molecule has 0 bridgehead atoms. The zero-order chi connectivity index (χ0) is 17.7. The number of nitrogens with two attached hydrogens (primary N) is 5. The van der Waals surface area contributed by atoms with Gasteiger partial charge in [0.2, 0.25) is 5.96 Å². The van der Waals surface area contributed by atoms with Gasteiger partial charge in [-0.3, -0.25) is 4.99 Å². The highest BCUT2D eigenvalue weighted by Crippen LogP contribution is 2.22. The Morgan fingerprint density at radius 2 is 2.12 bits per heavy atom. The number of aliphatic imine (C=N–C) groups is 3. The average molecular weight is 331 g/mol. The highest BCUT2D eigenvalue weighted by Gasteiger charge is 2.24. The van der Waals surface area contributed by atoms with Gasteiger partial charge in [-0.05, 0) is 6.08 Å². The summed E-state index contributed by atoms with van der Waals surface area (Å²) < 4.78 is 0. The number of anilines is 1. The Morgan fingerprint density at radius 1 is 1.38 bits per heavy atom. The SMILES string of the molecule is C=C(N)NC(C=C1C=NC(N)=N1)C(CN=C(N)N)c1cnc(N)[nH]1. The van der Waals surface area contributed by atoms with Gasteiger partial charge in [0, 0.05) is 11.6 Å². The number of nitrogen functional groups attached to an aromatic ring is 1. The van der Waals surface area contributed by atoms with E-state index in [0.717, 1.165) is 5.69 Å². The van der Waals surface area contributed by atoms with Crippen molar-refractivity contribution in [2.45, 2.75) is 12.0 Å². The van der Waals surface area contributed by atoms with Crippen LogP contribution in [0.2, 0.25) is 0 Å². The van der Waals surface area contributed by atoms with Gasteiger partial charge in [0.1, 0.15) is 0 Å². The summed E-state index contributed by atoms with van der Waals surface area (Å²) in [4.78, 5) is 19.1. The number of hydrogen-bond donors (Lipinski definition) is 7. The van der Waals surface area contributed by atoms with E-state index in [2.05, 4.69) is 36.8 Å². The van der Waals surface area contributed by atoms with Crippen molar-refractivity contribution < 1.29 is 0 Å². The Hall–Kier alpha value is -3.50. The molecule has 1 aromatic rings. The predicted octanol–water partition coefficient (Wildman–Crippen LogP) is -1.98. The van der Waals surface area contributed by atoms with E-state index >= 15 is 0 Å². The van der Waals surface area contributed by atoms with Crippen LogP contribution in [0.25, 0.3) is 0 Å². The molecule has 1 aliphatic heterocycles. The molecule has 2 unspecified atom stereocenters. The van der Waals surface area contributed by atoms with E-state index in [1.54, 1.807) is 18.5 Å². The molecule has 128 valence electrons. The van der Waals surface area contributed by atoms with Gasteiger partial charge in [0.15, 0.2) is 11.9 Å². The second-order valence-corrected chi connectivity index (χ2v) is 5.11. The summed E-state index contributed by atoms with van der Waals surface area (Å²) in [6.07, 6.45) is 4.95. The number of rotatable bonds is 7. The summed E-state index contributed by atoms with van der Waals surface area (Å²) in [6.45, 7) is 3.93. The fourth-order valence-electron chi connectivity index (χ4n) is 2.21. The van der Waals surface area contributed by atoms with Gasteiger partial charge in [-0.2, -0.15) is 0 Å². The summed E-state index contributed by atoms with van der Waals surface area (Å²) in [5.41, 5.74) is 29.1. The van der Waals surface area contributed by atoms with Crippen molar-refractivity contribution in [1.29, 1.82) is 0 Å².